The Morgan fingerprint density at radius 3 is 2.78 bits per heavy atom. The minimum absolute atomic E-state index is 0.0457. The number of rotatable bonds is 7. The Balaban J connectivity index is 1.40. The van der Waals surface area contributed by atoms with Gasteiger partial charge in [0.1, 0.15) is 10.7 Å². The van der Waals surface area contributed by atoms with Gasteiger partial charge in [-0.15, -0.1) is 23.1 Å². The molecule has 6 nitrogen and oxygen atoms in total. The molecule has 2 aromatic heterocycles. The average Bonchev–Trinajstić information content (AvgIpc) is 3.18. The molecule has 0 spiro atoms. The van der Waals surface area contributed by atoms with E-state index in [0.717, 1.165) is 35.0 Å². The molecule has 1 aliphatic rings. The zero-order valence-electron chi connectivity index (χ0n) is 18.3. The second kappa shape index (κ2) is 9.88. The van der Waals surface area contributed by atoms with E-state index in [1.165, 1.54) is 28.6 Å². The van der Waals surface area contributed by atoms with Gasteiger partial charge in [-0.05, 0) is 62.8 Å². The van der Waals surface area contributed by atoms with Crippen LogP contribution < -0.4 is 5.56 Å². The quantitative estimate of drug-likeness (QED) is 0.551. The number of aromatic nitrogens is 2. The van der Waals surface area contributed by atoms with E-state index in [0.29, 0.717) is 29.4 Å². The van der Waals surface area contributed by atoms with E-state index in [1.54, 1.807) is 23.5 Å². The lowest BCUT2D eigenvalue weighted by molar-refractivity contribution is -0.130. The fraction of sp³-hybridized carbons (Fsp3) is 0.417. The topological polar surface area (TPSA) is 89.8 Å². The van der Waals surface area contributed by atoms with Crippen LogP contribution in [0.5, 0.6) is 0 Å². The summed E-state index contributed by atoms with van der Waals surface area (Å²) in [4.78, 5) is 37.1. The van der Waals surface area contributed by atoms with Gasteiger partial charge in [0, 0.05) is 11.4 Å². The van der Waals surface area contributed by atoms with Crippen LogP contribution in [0, 0.1) is 11.3 Å². The number of nitrogens with one attached hydrogen (secondary N) is 1. The van der Waals surface area contributed by atoms with Crippen LogP contribution in [0.2, 0.25) is 0 Å². The number of hydrogen-bond acceptors (Lipinski definition) is 6. The molecule has 1 atom stereocenters. The van der Waals surface area contributed by atoms with Crippen LogP contribution in [0.25, 0.3) is 10.2 Å². The van der Waals surface area contributed by atoms with Gasteiger partial charge in [-0.3, -0.25) is 9.59 Å². The lowest BCUT2D eigenvalue weighted by Gasteiger charge is -2.28. The van der Waals surface area contributed by atoms with Crippen LogP contribution in [0.1, 0.15) is 60.1 Å². The highest BCUT2D eigenvalue weighted by Crippen LogP contribution is 2.33. The van der Waals surface area contributed by atoms with Gasteiger partial charge < -0.3 is 9.88 Å². The van der Waals surface area contributed by atoms with Crippen molar-refractivity contribution in [3.05, 3.63) is 62.0 Å². The summed E-state index contributed by atoms with van der Waals surface area (Å²) in [7, 11) is 0. The van der Waals surface area contributed by atoms with Crippen molar-refractivity contribution >= 4 is 39.2 Å². The van der Waals surface area contributed by atoms with Gasteiger partial charge in [0.15, 0.2) is 0 Å². The number of carbonyl (C=O) groups excluding carboxylic acids is 1. The largest absolute Gasteiger partial charge is 0.336 e. The van der Waals surface area contributed by atoms with E-state index in [4.69, 9.17) is 10.2 Å². The van der Waals surface area contributed by atoms with Crippen LogP contribution in [-0.2, 0) is 23.4 Å². The molecule has 0 saturated carbocycles. The van der Waals surface area contributed by atoms with E-state index in [-0.39, 0.29) is 17.5 Å². The highest BCUT2D eigenvalue weighted by Gasteiger charge is 2.21. The number of carbonyl (C=O) groups is 1. The molecule has 0 radical (unpaired) electrons. The van der Waals surface area contributed by atoms with Gasteiger partial charge in [0.2, 0.25) is 5.91 Å². The summed E-state index contributed by atoms with van der Waals surface area (Å²) in [6, 6.07) is 9.39. The first kappa shape index (κ1) is 22.6. The van der Waals surface area contributed by atoms with Crippen LogP contribution in [-0.4, -0.2) is 33.1 Å². The third-order valence-corrected chi connectivity index (χ3v) is 8.10. The van der Waals surface area contributed by atoms with Crippen molar-refractivity contribution in [1.29, 1.82) is 5.26 Å². The lowest BCUT2D eigenvalue weighted by Crippen LogP contribution is -2.34. The predicted molar refractivity (Wildman–Crippen MR) is 130 cm³/mol. The van der Waals surface area contributed by atoms with Crippen molar-refractivity contribution in [2.45, 2.75) is 51.3 Å². The molecule has 0 fully saturated rings. The molecule has 1 N–H and O–H groups in total. The molecule has 8 heteroatoms. The number of fused-ring (bicyclic) bond motifs is 3. The standard InChI is InChI=1S/C24H26N4O2S2/c1-3-28(15(2)17-10-8-16(12-25)9-11-17)21(29)14-31-13-20-26-23(30)22-18-6-4-5-7-19(18)32-24(22)27-20/h8-11,15H,3-7,13-14H2,1-2H3,(H,26,27,30). The van der Waals surface area contributed by atoms with Gasteiger partial charge in [0.05, 0.1) is 34.6 Å². The first-order valence-electron chi connectivity index (χ1n) is 10.9. The number of benzene rings is 1. The van der Waals surface area contributed by atoms with Gasteiger partial charge in [-0.1, -0.05) is 12.1 Å². The summed E-state index contributed by atoms with van der Waals surface area (Å²) in [6.07, 6.45) is 4.32. The summed E-state index contributed by atoms with van der Waals surface area (Å²) in [6.45, 7) is 4.57. The molecule has 4 rings (SSSR count). The minimum Gasteiger partial charge on any atom is -0.336 e. The number of nitriles is 1. The van der Waals surface area contributed by atoms with Crippen molar-refractivity contribution in [2.24, 2.45) is 0 Å². The van der Waals surface area contributed by atoms with E-state index in [2.05, 4.69) is 11.1 Å². The zero-order valence-corrected chi connectivity index (χ0v) is 19.9. The van der Waals surface area contributed by atoms with Crippen LogP contribution in [0.15, 0.2) is 29.1 Å². The molecular weight excluding hydrogens is 440 g/mol. The van der Waals surface area contributed by atoms with E-state index in [9.17, 15) is 9.59 Å². The Hall–Kier alpha value is -2.63. The van der Waals surface area contributed by atoms with Crippen LogP contribution >= 0.6 is 23.1 Å². The Morgan fingerprint density at radius 1 is 1.31 bits per heavy atom. The molecule has 1 unspecified atom stereocenters. The minimum atomic E-state index is -0.0763. The van der Waals surface area contributed by atoms with Crippen LogP contribution in [0.3, 0.4) is 0 Å². The van der Waals surface area contributed by atoms with E-state index in [1.807, 2.05) is 30.9 Å². The Morgan fingerprint density at radius 2 is 2.06 bits per heavy atom. The lowest BCUT2D eigenvalue weighted by atomic mass is 9.97. The number of thiophene rings is 1. The van der Waals surface area contributed by atoms with Gasteiger partial charge in [-0.2, -0.15) is 5.26 Å². The van der Waals surface area contributed by atoms with E-state index >= 15 is 0 Å². The van der Waals surface area contributed by atoms with Crippen molar-refractivity contribution in [1.82, 2.24) is 14.9 Å². The second-order valence-electron chi connectivity index (χ2n) is 7.99. The van der Waals surface area contributed by atoms with Crippen LogP contribution in [0.4, 0.5) is 0 Å². The summed E-state index contributed by atoms with van der Waals surface area (Å²) in [5.74, 6) is 1.48. The molecule has 1 amide bonds. The Kier molecular flexibility index (Phi) is 6.97. The number of amides is 1. The Bertz CT molecular complexity index is 1220. The SMILES string of the molecule is CCN(C(=O)CSCc1nc2sc3c(c2c(=O)[nH]1)CCCC3)C(C)c1ccc(C#N)cc1. The second-order valence-corrected chi connectivity index (χ2v) is 10.1. The number of hydrogen-bond donors (Lipinski definition) is 1. The average molecular weight is 467 g/mol. The summed E-state index contributed by atoms with van der Waals surface area (Å²) >= 11 is 3.11. The Labute approximate surface area is 195 Å². The van der Waals surface area contributed by atoms with Gasteiger partial charge >= 0.3 is 0 Å². The van der Waals surface area contributed by atoms with Crippen molar-refractivity contribution in [2.75, 3.05) is 12.3 Å². The number of thioether (sulfide) groups is 1. The molecular formula is C24H26N4O2S2. The molecule has 1 aromatic carbocycles. The van der Waals surface area contributed by atoms with Gasteiger partial charge in [0.25, 0.3) is 5.56 Å². The number of nitrogens with zero attached hydrogens (tertiary/aromatic N) is 3. The predicted octanol–water partition coefficient (Wildman–Crippen LogP) is 4.58. The first-order valence-corrected chi connectivity index (χ1v) is 12.9. The third-order valence-electron chi connectivity index (χ3n) is 5.99. The number of H-pyrrole nitrogens is 1. The fourth-order valence-corrected chi connectivity index (χ4v) is 6.33. The molecule has 0 aliphatic heterocycles. The summed E-state index contributed by atoms with van der Waals surface area (Å²) < 4.78 is 0. The van der Waals surface area contributed by atoms with E-state index < -0.39 is 0 Å². The maximum absolute atomic E-state index is 12.9. The molecule has 166 valence electrons. The fourth-order valence-electron chi connectivity index (χ4n) is 4.28. The smallest absolute Gasteiger partial charge is 0.259 e. The maximum Gasteiger partial charge on any atom is 0.259 e. The summed E-state index contributed by atoms with van der Waals surface area (Å²) in [5, 5.41) is 9.74. The molecule has 1 aliphatic carbocycles. The molecule has 3 aromatic rings. The number of aromatic amines is 1. The summed E-state index contributed by atoms with van der Waals surface area (Å²) in [5.41, 5.74) is 2.74. The highest BCUT2D eigenvalue weighted by atomic mass is 32.2. The molecule has 0 bridgehead atoms. The van der Waals surface area contributed by atoms with Crippen molar-refractivity contribution < 1.29 is 4.79 Å². The van der Waals surface area contributed by atoms with Crippen molar-refractivity contribution in [3.8, 4) is 6.07 Å². The highest BCUT2D eigenvalue weighted by molar-refractivity contribution is 7.99. The maximum atomic E-state index is 12.9. The number of aryl methyl sites for hydroxylation is 2. The molecule has 2 heterocycles. The molecule has 32 heavy (non-hydrogen) atoms. The molecule has 0 saturated heterocycles. The van der Waals surface area contributed by atoms with Gasteiger partial charge in [-0.25, -0.2) is 4.98 Å². The normalized spacial score (nSPS) is 14.0. The third kappa shape index (κ3) is 4.59. The monoisotopic (exact) mass is 466 g/mol. The van der Waals surface area contributed by atoms with Crippen molar-refractivity contribution in [3.63, 3.8) is 0 Å². The first-order chi connectivity index (χ1) is 15.5. The zero-order chi connectivity index (χ0) is 22.7.